The lowest BCUT2D eigenvalue weighted by molar-refractivity contribution is 0.0915. The first-order valence-electron chi connectivity index (χ1n) is 11.5. The van der Waals surface area contributed by atoms with Crippen molar-refractivity contribution in [1.29, 1.82) is 0 Å². The van der Waals surface area contributed by atoms with Gasteiger partial charge in [0.1, 0.15) is 11.5 Å². The Hall–Kier alpha value is -2.45. The minimum absolute atomic E-state index is 0.00391. The van der Waals surface area contributed by atoms with E-state index in [0.29, 0.717) is 28.9 Å². The van der Waals surface area contributed by atoms with Crippen LogP contribution in [0.2, 0.25) is 5.02 Å². The maximum Gasteiger partial charge on any atom is 0.264 e. The molecule has 184 valence electrons. The average molecular weight is 507 g/mol. The van der Waals surface area contributed by atoms with E-state index in [1.807, 2.05) is 0 Å². The molecule has 0 spiro atoms. The first-order chi connectivity index (χ1) is 16.1. The van der Waals surface area contributed by atoms with Gasteiger partial charge in [-0.2, -0.15) is 0 Å². The Morgan fingerprint density at radius 2 is 1.85 bits per heavy atom. The van der Waals surface area contributed by atoms with Gasteiger partial charge >= 0.3 is 0 Å². The molecule has 4 rings (SSSR count). The zero-order valence-corrected chi connectivity index (χ0v) is 21.4. The summed E-state index contributed by atoms with van der Waals surface area (Å²) in [6.45, 7) is 2.05. The Kier molecular flexibility index (Phi) is 7.01. The molecule has 9 heteroatoms. The number of rotatable bonds is 8. The molecule has 1 N–H and O–H groups in total. The van der Waals surface area contributed by atoms with E-state index >= 15 is 0 Å². The predicted molar refractivity (Wildman–Crippen MR) is 132 cm³/mol. The van der Waals surface area contributed by atoms with E-state index in [4.69, 9.17) is 21.1 Å². The quantitative estimate of drug-likeness (QED) is 0.559. The molecule has 34 heavy (non-hydrogen) atoms. The molecule has 2 aliphatic carbocycles. The van der Waals surface area contributed by atoms with Crippen molar-refractivity contribution in [3.05, 3.63) is 47.0 Å². The van der Waals surface area contributed by atoms with Gasteiger partial charge in [-0.05, 0) is 68.2 Å². The molecule has 2 saturated carbocycles. The van der Waals surface area contributed by atoms with E-state index in [9.17, 15) is 13.2 Å². The molecule has 2 bridgehead atoms. The Morgan fingerprint density at radius 1 is 1.12 bits per heavy atom. The minimum atomic E-state index is -3.99. The number of nitrogens with one attached hydrogen (secondary N) is 1. The number of amides is 1. The van der Waals surface area contributed by atoms with Gasteiger partial charge in [-0.1, -0.05) is 24.1 Å². The van der Waals surface area contributed by atoms with E-state index in [0.717, 1.165) is 16.6 Å². The smallest absolute Gasteiger partial charge is 0.264 e. The Bertz CT molecular complexity index is 1190. The van der Waals surface area contributed by atoms with Gasteiger partial charge in [0.25, 0.3) is 15.9 Å². The van der Waals surface area contributed by atoms with Gasteiger partial charge in [0, 0.05) is 24.7 Å². The Morgan fingerprint density at radius 3 is 2.47 bits per heavy atom. The fraction of sp³-hybridized carbons (Fsp3) is 0.480. The molecule has 2 aromatic rings. The number of halogens is 1. The summed E-state index contributed by atoms with van der Waals surface area (Å²) in [7, 11) is 0.330. The summed E-state index contributed by atoms with van der Waals surface area (Å²) < 4.78 is 38.5. The minimum Gasteiger partial charge on any atom is -0.495 e. The van der Waals surface area contributed by atoms with Crippen molar-refractivity contribution in [2.75, 3.05) is 25.6 Å². The van der Waals surface area contributed by atoms with Gasteiger partial charge in [0.15, 0.2) is 0 Å². The van der Waals surface area contributed by atoms with Gasteiger partial charge in [0.05, 0.1) is 29.8 Å². The number of hydrogen-bond donors (Lipinski definition) is 1. The summed E-state index contributed by atoms with van der Waals surface area (Å²) in [4.78, 5) is 13.0. The van der Waals surface area contributed by atoms with Crippen LogP contribution in [0.25, 0.3) is 0 Å². The second-order valence-electron chi connectivity index (χ2n) is 9.26. The van der Waals surface area contributed by atoms with Gasteiger partial charge < -0.3 is 14.8 Å². The van der Waals surface area contributed by atoms with Gasteiger partial charge in [-0.15, -0.1) is 0 Å². The molecular weight excluding hydrogens is 476 g/mol. The van der Waals surface area contributed by atoms with Crippen LogP contribution in [0.15, 0.2) is 41.3 Å². The number of methoxy groups -OCH3 is 2. The lowest BCUT2D eigenvalue weighted by Gasteiger charge is -2.28. The molecule has 2 fully saturated rings. The van der Waals surface area contributed by atoms with E-state index in [1.165, 1.54) is 64.8 Å². The molecule has 4 atom stereocenters. The zero-order valence-electron chi connectivity index (χ0n) is 19.9. The van der Waals surface area contributed by atoms with Crippen LogP contribution < -0.4 is 19.1 Å². The van der Waals surface area contributed by atoms with Crippen LogP contribution in [0.5, 0.6) is 11.5 Å². The highest BCUT2D eigenvalue weighted by molar-refractivity contribution is 7.92. The molecule has 1 amide bonds. The number of benzene rings is 2. The molecule has 0 aromatic heterocycles. The van der Waals surface area contributed by atoms with Crippen LogP contribution >= 0.6 is 11.6 Å². The lowest BCUT2D eigenvalue weighted by atomic mass is 9.84. The fourth-order valence-electron chi connectivity index (χ4n) is 5.48. The number of fused-ring (bicyclic) bond motifs is 2. The fourth-order valence-corrected chi connectivity index (χ4v) is 6.96. The molecule has 0 unspecified atom stereocenters. The third kappa shape index (κ3) is 4.58. The van der Waals surface area contributed by atoms with Gasteiger partial charge in [-0.3, -0.25) is 9.10 Å². The summed E-state index contributed by atoms with van der Waals surface area (Å²) in [6.07, 6.45) is 4.98. The molecule has 0 aliphatic heterocycles. The number of ether oxygens (including phenoxy) is 2. The Labute approximate surface area is 206 Å². The summed E-state index contributed by atoms with van der Waals surface area (Å²) in [5.74, 6) is 2.37. The van der Waals surface area contributed by atoms with Crippen LogP contribution in [0, 0.1) is 17.8 Å². The zero-order chi connectivity index (χ0) is 24.6. The van der Waals surface area contributed by atoms with Crippen molar-refractivity contribution in [2.24, 2.45) is 17.8 Å². The van der Waals surface area contributed by atoms with E-state index in [-0.39, 0.29) is 27.6 Å². The number of carbonyl (C=O) groups excluding carboxylic acids is 1. The SMILES string of the molecule is COc1cc(OC)c(N(C)S(=O)(=O)c2cccc(C(=O)N[C@@H](C)[C@H]3C[C@H]4CC[C@H]3C4)c2)cc1Cl. The topological polar surface area (TPSA) is 84.9 Å². The largest absolute Gasteiger partial charge is 0.495 e. The van der Waals surface area contributed by atoms with E-state index in [2.05, 4.69) is 12.2 Å². The van der Waals surface area contributed by atoms with Crippen molar-refractivity contribution in [3.8, 4) is 11.5 Å². The highest BCUT2D eigenvalue weighted by atomic mass is 35.5. The van der Waals surface area contributed by atoms with E-state index < -0.39 is 10.0 Å². The summed E-state index contributed by atoms with van der Waals surface area (Å²) in [5, 5.41) is 3.36. The van der Waals surface area contributed by atoms with Crippen molar-refractivity contribution in [1.82, 2.24) is 5.32 Å². The van der Waals surface area contributed by atoms with Crippen LogP contribution in [0.3, 0.4) is 0 Å². The summed E-state index contributed by atoms with van der Waals surface area (Å²) in [5.41, 5.74) is 0.567. The van der Waals surface area contributed by atoms with E-state index in [1.54, 1.807) is 12.1 Å². The lowest BCUT2D eigenvalue weighted by Crippen LogP contribution is -2.40. The average Bonchev–Trinajstić information content (AvgIpc) is 3.47. The van der Waals surface area contributed by atoms with Gasteiger partial charge in [-0.25, -0.2) is 8.42 Å². The van der Waals surface area contributed by atoms with Crippen molar-refractivity contribution in [2.45, 2.75) is 43.5 Å². The maximum absolute atomic E-state index is 13.4. The molecule has 7 nitrogen and oxygen atoms in total. The third-order valence-corrected chi connectivity index (χ3v) is 9.40. The normalized spacial score (nSPS) is 22.3. The van der Waals surface area contributed by atoms with Crippen LogP contribution in [0.4, 0.5) is 5.69 Å². The monoisotopic (exact) mass is 506 g/mol. The molecule has 2 aromatic carbocycles. The van der Waals surface area contributed by atoms with Crippen LogP contribution in [0.1, 0.15) is 43.0 Å². The molecule has 0 radical (unpaired) electrons. The third-order valence-electron chi connectivity index (χ3n) is 7.34. The first-order valence-corrected chi connectivity index (χ1v) is 13.3. The Balaban J connectivity index is 1.55. The maximum atomic E-state index is 13.4. The highest BCUT2D eigenvalue weighted by Gasteiger charge is 2.42. The highest BCUT2D eigenvalue weighted by Crippen LogP contribution is 2.49. The molecule has 0 saturated heterocycles. The van der Waals surface area contributed by atoms with Crippen LogP contribution in [-0.4, -0.2) is 41.6 Å². The van der Waals surface area contributed by atoms with Gasteiger partial charge in [0.2, 0.25) is 0 Å². The second-order valence-corrected chi connectivity index (χ2v) is 11.6. The summed E-state index contributed by atoms with van der Waals surface area (Å²) in [6, 6.07) is 9.15. The first kappa shape index (κ1) is 24.7. The number of sulfonamides is 1. The predicted octanol–water partition coefficient (Wildman–Crippen LogP) is 4.74. The number of nitrogens with zero attached hydrogens (tertiary/aromatic N) is 1. The molecular formula is C25H31ClN2O5S. The second kappa shape index (κ2) is 9.66. The van der Waals surface area contributed by atoms with Crippen molar-refractivity contribution < 1.29 is 22.7 Å². The standard InChI is InChI=1S/C25H31ClN2O5S/c1-15(20-11-16-8-9-17(20)10-16)27-25(29)18-6-5-7-19(12-18)34(30,31)28(2)22-13-21(26)23(32-3)14-24(22)33-4/h5-7,12-17,20H,8-11H2,1-4H3,(H,27,29)/t15-,16-,17-,20+/m0/s1. The number of anilines is 1. The van der Waals surface area contributed by atoms with Crippen molar-refractivity contribution in [3.63, 3.8) is 0 Å². The molecule has 2 aliphatic rings. The number of carbonyl (C=O) groups is 1. The van der Waals surface area contributed by atoms with Crippen LogP contribution in [-0.2, 0) is 10.0 Å². The molecule has 0 heterocycles. The summed E-state index contributed by atoms with van der Waals surface area (Å²) >= 11 is 6.24. The number of hydrogen-bond acceptors (Lipinski definition) is 5. The van der Waals surface area contributed by atoms with Crippen molar-refractivity contribution >= 4 is 33.2 Å².